The Labute approximate surface area is 143 Å². The first-order valence-corrected chi connectivity index (χ1v) is 8.43. The van der Waals surface area contributed by atoms with Crippen LogP contribution in [0.5, 0.6) is 0 Å². The van der Waals surface area contributed by atoms with Gasteiger partial charge in [-0.25, -0.2) is 4.68 Å². The Morgan fingerprint density at radius 1 is 1.25 bits per heavy atom. The lowest BCUT2D eigenvalue weighted by Gasteiger charge is -2.11. The van der Waals surface area contributed by atoms with Crippen LogP contribution in [0.1, 0.15) is 18.9 Å². The topological polar surface area (TPSA) is 63.5 Å². The van der Waals surface area contributed by atoms with Gasteiger partial charge in [0.15, 0.2) is 5.96 Å². The highest BCUT2D eigenvalue weighted by Gasteiger charge is 1.99. The maximum absolute atomic E-state index is 5.04. The summed E-state index contributed by atoms with van der Waals surface area (Å²) < 4.78 is 6.90. The third kappa shape index (κ3) is 6.04. The molecule has 6 heteroatoms. The van der Waals surface area contributed by atoms with E-state index in [1.807, 2.05) is 16.9 Å². The number of benzene rings is 1. The maximum Gasteiger partial charge on any atom is 0.191 e. The van der Waals surface area contributed by atoms with Crippen LogP contribution in [0.15, 0.2) is 47.7 Å². The molecule has 0 radical (unpaired) electrons. The van der Waals surface area contributed by atoms with Crippen LogP contribution in [-0.2, 0) is 11.2 Å². The zero-order chi connectivity index (χ0) is 17.0. The number of nitrogens with one attached hydrogen (secondary N) is 2. The molecule has 0 saturated heterocycles. The first-order valence-electron chi connectivity index (χ1n) is 8.43. The molecule has 2 N–H and O–H groups in total. The highest BCUT2D eigenvalue weighted by Crippen LogP contribution is 2.08. The van der Waals surface area contributed by atoms with Crippen LogP contribution >= 0.6 is 0 Å². The molecule has 2 aromatic rings. The summed E-state index contributed by atoms with van der Waals surface area (Å²) in [6, 6.07) is 10.4. The molecule has 1 aromatic carbocycles. The number of hydrogen-bond acceptors (Lipinski definition) is 3. The van der Waals surface area contributed by atoms with E-state index >= 15 is 0 Å². The van der Waals surface area contributed by atoms with Crippen molar-refractivity contribution < 1.29 is 4.74 Å². The first kappa shape index (κ1) is 18.0. The van der Waals surface area contributed by atoms with E-state index in [4.69, 9.17) is 4.74 Å². The first-order chi connectivity index (χ1) is 11.8. The largest absolute Gasteiger partial charge is 0.385 e. The molecule has 24 heavy (non-hydrogen) atoms. The Hall–Kier alpha value is -2.34. The monoisotopic (exact) mass is 329 g/mol. The van der Waals surface area contributed by atoms with Crippen molar-refractivity contribution in [2.45, 2.75) is 19.8 Å². The molecule has 6 nitrogen and oxygen atoms in total. The molecular weight excluding hydrogens is 302 g/mol. The highest BCUT2D eigenvalue weighted by atomic mass is 16.5. The second-order valence-corrected chi connectivity index (χ2v) is 5.40. The summed E-state index contributed by atoms with van der Waals surface area (Å²) in [5.41, 5.74) is 2.36. The number of hydrogen-bond donors (Lipinski definition) is 2. The maximum atomic E-state index is 5.04. The van der Waals surface area contributed by atoms with Crippen LogP contribution in [0.3, 0.4) is 0 Å². The van der Waals surface area contributed by atoms with Gasteiger partial charge in [0.1, 0.15) is 0 Å². The molecule has 1 aromatic heterocycles. The van der Waals surface area contributed by atoms with Crippen LogP contribution in [0.2, 0.25) is 0 Å². The summed E-state index contributed by atoms with van der Waals surface area (Å²) in [5, 5.41) is 10.9. The smallest absolute Gasteiger partial charge is 0.191 e. The predicted molar refractivity (Wildman–Crippen MR) is 97.7 cm³/mol. The van der Waals surface area contributed by atoms with Gasteiger partial charge < -0.3 is 15.4 Å². The van der Waals surface area contributed by atoms with E-state index in [1.165, 1.54) is 5.56 Å². The molecular formula is C18H27N5O. The summed E-state index contributed by atoms with van der Waals surface area (Å²) in [4.78, 5) is 4.53. The fourth-order valence-electron chi connectivity index (χ4n) is 2.30. The van der Waals surface area contributed by atoms with Gasteiger partial charge in [0.2, 0.25) is 0 Å². The van der Waals surface area contributed by atoms with E-state index in [0.717, 1.165) is 50.7 Å². The van der Waals surface area contributed by atoms with Crippen molar-refractivity contribution in [1.29, 1.82) is 0 Å². The van der Waals surface area contributed by atoms with Crippen LogP contribution in [0.4, 0.5) is 0 Å². The molecule has 130 valence electrons. The molecule has 0 spiro atoms. The third-order valence-corrected chi connectivity index (χ3v) is 3.53. The molecule has 0 aliphatic carbocycles. The fraction of sp³-hybridized carbons (Fsp3) is 0.444. The zero-order valence-corrected chi connectivity index (χ0v) is 14.5. The van der Waals surface area contributed by atoms with Crippen molar-refractivity contribution in [3.8, 4) is 5.69 Å². The number of nitrogens with zero attached hydrogens (tertiary/aromatic N) is 3. The Kier molecular flexibility index (Phi) is 7.83. The Balaban J connectivity index is 1.78. The van der Waals surface area contributed by atoms with Gasteiger partial charge in [-0.3, -0.25) is 4.99 Å². The molecule has 0 aliphatic heterocycles. The van der Waals surface area contributed by atoms with Crippen LogP contribution in [0, 0.1) is 0 Å². The number of methoxy groups -OCH3 is 1. The van der Waals surface area contributed by atoms with Crippen molar-refractivity contribution in [1.82, 2.24) is 20.4 Å². The van der Waals surface area contributed by atoms with Crippen LogP contribution in [0.25, 0.3) is 5.69 Å². The van der Waals surface area contributed by atoms with E-state index in [9.17, 15) is 0 Å². The van der Waals surface area contributed by atoms with Crippen molar-refractivity contribution in [2.75, 3.05) is 33.4 Å². The summed E-state index contributed by atoms with van der Waals surface area (Å²) in [7, 11) is 1.71. The summed E-state index contributed by atoms with van der Waals surface area (Å²) >= 11 is 0. The lowest BCUT2D eigenvalue weighted by atomic mass is 10.1. The number of aliphatic imine (C=N–C) groups is 1. The SMILES string of the molecule is CCNC(=NCCCOC)NCCc1ccc(-n2cccn2)cc1. The van der Waals surface area contributed by atoms with Gasteiger partial charge in [-0.05, 0) is 43.5 Å². The van der Waals surface area contributed by atoms with E-state index in [0.29, 0.717) is 0 Å². The predicted octanol–water partition coefficient (Wildman–Crippen LogP) is 2.01. The minimum atomic E-state index is 0.742. The third-order valence-electron chi connectivity index (χ3n) is 3.53. The van der Waals surface area contributed by atoms with E-state index in [-0.39, 0.29) is 0 Å². The number of ether oxygens (including phenoxy) is 1. The molecule has 0 unspecified atom stereocenters. The quantitative estimate of drug-likeness (QED) is 0.420. The van der Waals surface area contributed by atoms with Gasteiger partial charge >= 0.3 is 0 Å². The molecule has 0 aliphatic rings. The molecule has 0 amide bonds. The van der Waals surface area contributed by atoms with Crippen molar-refractivity contribution in [3.05, 3.63) is 48.3 Å². The second kappa shape index (κ2) is 10.4. The van der Waals surface area contributed by atoms with Crippen LogP contribution in [-0.4, -0.2) is 49.1 Å². The molecule has 0 bridgehead atoms. The normalized spacial score (nSPS) is 11.5. The standard InChI is InChI=1S/C18H27N5O/c1-3-19-18(20-11-5-15-24-2)21-13-10-16-6-8-17(9-7-16)23-14-4-12-22-23/h4,6-9,12,14H,3,5,10-11,13,15H2,1-2H3,(H2,19,20,21). The number of rotatable bonds is 9. The van der Waals surface area contributed by atoms with E-state index < -0.39 is 0 Å². The molecule has 1 heterocycles. The average molecular weight is 329 g/mol. The molecule has 0 saturated carbocycles. The Morgan fingerprint density at radius 3 is 2.75 bits per heavy atom. The molecule has 0 atom stereocenters. The van der Waals surface area contributed by atoms with Crippen molar-refractivity contribution >= 4 is 5.96 Å². The van der Waals surface area contributed by atoms with Gasteiger partial charge in [-0.15, -0.1) is 0 Å². The van der Waals surface area contributed by atoms with Gasteiger partial charge in [0.05, 0.1) is 5.69 Å². The lowest BCUT2D eigenvalue weighted by molar-refractivity contribution is 0.197. The van der Waals surface area contributed by atoms with E-state index in [2.05, 4.69) is 51.9 Å². The molecule has 0 fully saturated rings. The van der Waals surface area contributed by atoms with Crippen molar-refractivity contribution in [2.24, 2.45) is 4.99 Å². The lowest BCUT2D eigenvalue weighted by Crippen LogP contribution is -2.38. The second-order valence-electron chi connectivity index (χ2n) is 5.40. The van der Waals surface area contributed by atoms with Gasteiger partial charge in [-0.2, -0.15) is 5.10 Å². The van der Waals surface area contributed by atoms with Crippen LogP contribution < -0.4 is 10.6 Å². The number of guanidine groups is 1. The fourth-order valence-corrected chi connectivity index (χ4v) is 2.30. The zero-order valence-electron chi connectivity index (χ0n) is 14.5. The van der Waals surface area contributed by atoms with Gasteiger partial charge in [0, 0.05) is 45.7 Å². The highest BCUT2D eigenvalue weighted by molar-refractivity contribution is 5.79. The summed E-state index contributed by atoms with van der Waals surface area (Å²) in [5.74, 6) is 0.863. The average Bonchev–Trinajstić information content (AvgIpc) is 3.14. The minimum absolute atomic E-state index is 0.742. The van der Waals surface area contributed by atoms with Crippen molar-refractivity contribution in [3.63, 3.8) is 0 Å². The van der Waals surface area contributed by atoms with Gasteiger partial charge in [0.25, 0.3) is 0 Å². The molecule has 2 rings (SSSR count). The van der Waals surface area contributed by atoms with E-state index in [1.54, 1.807) is 13.3 Å². The Morgan fingerprint density at radius 2 is 2.08 bits per heavy atom. The summed E-state index contributed by atoms with van der Waals surface area (Å²) in [6.07, 6.45) is 5.61. The number of aromatic nitrogens is 2. The minimum Gasteiger partial charge on any atom is -0.385 e. The van der Waals surface area contributed by atoms with Gasteiger partial charge in [-0.1, -0.05) is 12.1 Å². The Bertz CT molecular complexity index is 592. The summed E-state index contributed by atoms with van der Waals surface area (Å²) in [6.45, 7) is 5.28.